The average molecular weight is 346 g/mol. The van der Waals surface area contributed by atoms with E-state index in [0.717, 1.165) is 36.3 Å². The summed E-state index contributed by atoms with van der Waals surface area (Å²) >= 11 is 0. The number of benzene rings is 1. The standard InChI is InChI=1S/C20H18N4O2/c25-18-19(26)24(20-8-14(9-20)10-20)7-6-23(18)13-15-11-21-17(22-12-15)16-4-2-1-3-5-16/h1-7,11-12,14H,8-10,13H2. The Morgan fingerprint density at radius 1 is 0.962 bits per heavy atom. The molecule has 3 aromatic rings. The Morgan fingerprint density at radius 3 is 2.27 bits per heavy atom. The molecule has 0 N–H and O–H groups in total. The third kappa shape index (κ3) is 2.25. The van der Waals surface area contributed by atoms with Gasteiger partial charge >= 0.3 is 11.1 Å². The molecule has 3 aliphatic rings. The van der Waals surface area contributed by atoms with Crippen LogP contribution in [0.1, 0.15) is 24.8 Å². The van der Waals surface area contributed by atoms with Crippen LogP contribution in [0.2, 0.25) is 0 Å². The van der Waals surface area contributed by atoms with Crippen molar-refractivity contribution in [1.29, 1.82) is 0 Å². The Morgan fingerprint density at radius 2 is 1.65 bits per heavy atom. The lowest BCUT2D eigenvalue weighted by Gasteiger charge is -2.62. The normalized spacial score (nSPS) is 23.2. The van der Waals surface area contributed by atoms with E-state index in [1.165, 1.54) is 4.57 Å². The van der Waals surface area contributed by atoms with E-state index in [9.17, 15) is 9.59 Å². The Kier molecular flexibility index (Phi) is 3.22. The zero-order chi connectivity index (χ0) is 17.7. The smallest absolute Gasteiger partial charge is 0.305 e. The molecule has 6 nitrogen and oxygen atoms in total. The molecule has 0 aliphatic heterocycles. The number of hydrogen-bond donors (Lipinski definition) is 0. The molecule has 2 aromatic heterocycles. The quantitative estimate of drug-likeness (QED) is 0.678. The molecule has 3 fully saturated rings. The second-order valence-corrected chi connectivity index (χ2v) is 7.39. The molecule has 2 heterocycles. The van der Waals surface area contributed by atoms with Crippen LogP contribution in [-0.4, -0.2) is 19.1 Å². The highest BCUT2D eigenvalue weighted by molar-refractivity contribution is 5.53. The van der Waals surface area contributed by atoms with Crippen molar-refractivity contribution in [3.63, 3.8) is 0 Å². The monoisotopic (exact) mass is 346 g/mol. The largest absolute Gasteiger partial charge is 0.316 e. The Bertz CT molecular complexity index is 1070. The summed E-state index contributed by atoms with van der Waals surface area (Å²) < 4.78 is 3.09. The molecule has 0 radical (unpaired) electrons. The van der Waals surface area contributed by atoms with E-state index in [-0.39, 0.29) is 5.54 Å². The van der Waals surface area contributed by atoms with E-state index in [1.54, 1.807) is 29.4 Å². The summed E-state index contributed by atoms with van der Waals surface area (Å²) in [4.78, 5) is 33.7. The van der Waals surface area contributed by atoms with E-state index < -0.39 is 11.1 Å². The van der Waals surface area contributed by atoms with Gasteiger partial charge in [-0.05, 0) is 25.2 Å². The van der Waals surface area contributed by atoms with E-state index in [2.05, 4.69) is 9.97 Å². The summed E-state index contributed by atoms with van der Waals surface area (Å²) in [7, 11) is 0. The van der Waals surface area contributed by atoms with Crippen LogP contribution in [-0.2, 0) is 12.1 Å². The van der Waals surface area contributed by atoms with Crippen molar-refractivity contribution in [2.45, 2.75) is 31.3 Å². The number of aromatic nitrogens is 4. The van der Waals surface area contributed by atoms with Crippen molar-refractivity contribution >= 4 is 0 Å². The van der Waals surface area contributed by atoms with Gasteiger partial charge in [-0.1, -0.05) is 30.3 Å². The van der Waals surface area contributed by atoms with Crippen LogP contribution in [0.25, 0.3) is 11.4 Å². The zero-order valence-corrected chi connectivity index (χ0v) is 14.2. The van der Waals surface area contributed by atoms with E-state index in [1.807, 2.05) is 30.3 Å². The first kappa shape index (κ1) is 15.3. The van der Waals surface area contributed by atoms with Crippen molar-refractivity contribution in [3.05, 3.63) is 81.4 Å². The van der Waals surface area contributed by atoms with Gasteiger partial charge in [-0.15, -0.1) is 0 Å². The summed E-state index contributed by atoms with van der Waals surface area (Å²) in [6, 6.07) is 9.72. The van der Waals surface area contributed by atoms with Crippen molar-refractivity contribution in [2.24, 2.45) is 5.92 Å². The van der Waals surface area contributed by atoms with Gasteiger partial charge < -0.3 is 9.13 Å². The van der Waals surface area contributed by atoms with Gasteiger partial charge in [-0.2, -0.15) is 0 Å². The Hall–Kier alpha value is -3.02. The van der Waals surface area contributed by atoms with Gasteiger partial charge in [-0.3, -0.25) is 9.59 Å². The molecule has 3 saturated carbocycles. The highest BCUT2D eigenvalue weighted by Crippen LogP contribution is 2.61. The fourth-order valence-corrected chi connectivity index (χ4v) is 4.10. The average Bonchev–Trinajstić information content (AvgIpc) is 2.60. The first-order valence-electron chi connectivity index (χ1n) is 8.84. The second-order valence-electron chi connectivity index (χ2n) is 7.39. The molecule has 6 heteroatoms. The predicted octanol–water partition coefficient (Wildman–Crippen LogP) is 2.02. The first-order valence-corrected chi connectivity index (χ1v) is 8.84. The molecule has 2 bridgehead atoms. The first-order chi connectivity index (χ1) is 12.6. The van der Waals surface area contributed by atoms with Crippen LogP contribution in [0, 0.1) is 5.92 Å². The predicted molar refractivity (Wildman–Crippen MR) is 96.8 cm³/mol. The molecule has 0 atom stereocenters. The maximum absolute atomic E-state index is 12.5. The maximum Gasteiger partial charge on any atom is 0.316 e. The molecule has 0 spiro atoms. The number of hydrogen-bond acceptors (Lipinski definition) is 4. The van der Waals surface area contributed by atoms with Gasteiger partial charge in [0.05, 0.1) is 6.54 Å². The SMILES string of the molecule is O=c1c(=O)n(C23CC(C2)C3)ccn1Cc1cnc(-c2ccccc2)nc1. The summed E-state index contributed by atoms with van der Waals surface area (Å²) in [6.07, 6.45) is 9.97. The minimum absolute atomic E-state index is 0.0690. The van der Waals surface area contributed by atoms with E-state index >= 15 is 0 Å². The molecule has 1 aromatic carbocycles. The van der Waals surface area contributed by atoms with Gasteiger partial charge in [0.1, 0.15) is 0 Å². The maximum atomic E-state index is 12.5. The van der Waals surface area contributed by atoms with Crippen molar-refractivity contribution in [1.82, 2.24) is 19.1 Å². The Labute approximate surface area is 149 Å². The van der Waals surface area contributed by atoms with Crippen molar-refractivity contribution in [3.8, 4) is 11.4 Å². The number of rotatable bonds is 4. The molecule has 130 valence electrons. The van der Waals surface area contributed by atoms with Crippen LogP contribution < -0.4 is 11.1 Å². The summed E-state index contributed by atoms with van der Waals surface area (Å²) in [5.74, 6) is 1.39. The van der Waals surface area contributed by atoms with Gasteiger partial charge in [-0.25, -0.2) is 9.97 Å². The molecule has 26 heavy (non-hydrogen) atoms. The minimum atomic E-state index is -0.482. The van der Waals surface area contributed by atoms with Gasteiger partial charge in [0.2, 0.25) is 0 Å². The molecule has 0 unspecified atom stereocenters. The summed E-state index contributed by atoms with van der Waals surface area (Å²) in [5.41, 5.74) is 0.754. The molecule has 0 amide bonds. The molecule has 0 saturated heterocycles. The third-order valence-corrected chi connectivity index (χ3v) is 5.67. The molecular weight excluding hydrogens is 328 g/mol. The zero-order valence-electron chi connectivity index (χ0n) is 14.2. The highest BCUT2D eigenvalue weighted by atomic mass is 16.2. The van der Waals surface area contributed by atoms with Crippen molar-refractivity contribution < 1.29 is 0 Å². The van der Waals surface area contributed by atoms with Crippen LogP contribution in [0.5, 0.6) is 0 Å². The fraction of sp³-hybridized carbons (Fsp3) is 0.300. The molecule has 3 aliphatic carbocycles. The molecular formula is C20H18N4O2. The molecule has 6 rings (SSSR count). The van der Waals surface area contributed by atoms with Crippen LogP contribution in [0.4, 0.5) is 0 Å². The minimum Gasteiger partial charge on any atom is -0.305 e. The van der Waals surface area contributed by atoms with Crippen molar-refractivity contribution in [2.75, 3.05) is 0 Å². The lowest BCUT2D eigenvalue weighted by atomic mass is 9.49. The van der Waals surface area contributed by atoms with Gasteiger partial charge in [0, 0.05) is 41.5 Å². The van der Waals surface area contributed by atoms with Crippen LogP contribution in [0.15, 0.2) is 64.7 Å². The van der Waals surface area contributed by atoms with Gasteiger partial charge in [0.15, 0.2) is 5.82 Å². The third-order valence-electron chi connectivity index (χ3n) is 5.67. The lowest BCUT2D eigenvalue weighted by molar-refractivity contribution is -0.0919. The summed E-state index contributed by atoms with van der Waals surface area (Å²) in [6.45, 7) is 0.291. The van der Waals surface area contributed by atoms with Gasteiger partial charge in [0.25, 0.3) is 0 Å². The second kappa shape index (κ2) is 5.49. The topological polar surface area (TPSA) is 69.8 Å². The fourth-order valence-electron chi connectivity index (χ4n) is 4.10. The Balaban J connectivity index is 1.40. The van der Waals surface area contributed by atoms with E-state index in [0.29, 0.717) is 12.4 Å². The van der Waals surface area contributed by atoms with Crippen LogP contribution >= 0.6 is 0 Å². The summed E-state index contributed by atoms with van der Waals surface area (Å²) in [5, 5.41) is 0. The number of nitrogens with zero attached hydrogens (tertiary/aromatic N) is 4. The van der Waals surface area contributed by atoms with Crippen LogP contribution in [0.3, 0.4) is 0 Å². The highest BCUT2D eigenvalue weighted by Gasteiger charge is 2.58. The van der Waals surface area contributed by atoms with E-state index in [4.69, 9.17) is 0 Å². The lowest BCUT2D eigenvalue weighted by Crippen LogP contribution is -2.64.